The van der Waals surface area contributed by atoms with E-state index in [0.717, 1.165) is 11.5 Å². The van der Waals surface area contributed by atoms with Crippen LogP contribution in [0.25, 0.3) is 0 Å². The van der Waals surface area contributed by atoms with E-state index in [0.29, 0.717) is 17.5 Å². The number of tetrazole rings is 1. The second kappa shape index (κ2) is 7.32. The maximum absolute atomic E-state index is 12.3. The summed E-state index contributed by atoms with van der Waals surface area (Å²) in [6, 6.07) is 5.54. The molecule has 0 atom stereocenters. The summed E-state index contributed by atoms with van der Waals surface area (Å²) in [6.45, 7) is 6.65. The number of aryl methyl sites for hydroxylation is 1. The summed E-state index contributed by atoms with van der Waals surface area (Å²) in [5.74, 6) is 1.45. The molecule has 3 aromatic rings. The molecule has 0 aliphatic heterocycles. The summed E-state index contributed by atoms with van der Waals surface area (Å²) in [4.78, 5) is 12.3. The molecule has 1 N–H and O–H groups in total. The van der Waals surface area contributed by atoms with Crippen molar-refractivity contribution in [2.24, 2.45) is 7.05 Å². The average molecular weight is 375 g/mol. The fraction of sp³-hybridized carbons (Fsp3) is 0.438. The van der Waals surface area contributed by atoms with Gasteiger partial charge in [0.25, 0.3) is 0 Å². The highest BCUT2D eigenvalue weighted by Gasteiger charge is 2.20. The number of aromatic nitrogens is 6. The summed E-state index contributed by atoms with van der Waals surface area (Å²) in [5, 5.41) is 19.4. The van der Waals surface area contributed by atoms with Crippen molar-refractivity contribution in [1.82, 2.24) is 30.0 Å². The second-order valence-corrected chi connectivity index (χ2v) is 7.77. The predicted molar refractivity (Wildman–Crippen MR) is 96.9 cm³/mol. The molecular formula is C16H21N7O2S. The van der Waals surface area contributed by atoms with Gasteiger partial charge in [0.05, 0.1) is 17.7 Å². The molecule has 0 fully saturated rings. The van der Waals surface area contributed by atoms with Crippen molar-refractivity contribution in [3.8, 4) is 0 Å². The first-order valence-corrected chi connectivity index (χ1v) is 9.07. The lowest BCUT2D eigenvalue weighted by Crippen LogP contribution is -2.17. The fourth-order valence-electron chi connectivity index (χ4n) is 2.21. The molecule has 0 saturated carbocycles. The van der Waals surface area contributed by atoms with Gasteiger partial charge in [-0.1, -0.05) is 32.5 Å². The minimum Gasteiger partial charge on any atom is -0.467 e. The molecule has 0 bridgehead atoms. The number of hydrogen-bond acceptors (Lipinski definition) is 7. The van der Waals surface area contributed by atoms with Gasteiger partial charge in [0, 0.05) is 18.5 Å². The lowest BCUT2D eigenvalue weighted by molar-refractivity contribution is -0.113. The fourth-order valence-corrected chi connectivity index (χ4v) is 2.89. The molecule has 26 heavy (non-hydrogen) atoms. The molecule has 9 nitrogen and oxygen atoms in total. The van der Waals surface area contributed by atoms with Crippen LogP contribution < -0.4 is 5.32 Å². The summed E-state index contributed by atoms with van der Waals surface area (Å²) < 4.78 is 8.56. The zero-order valence-electron chi connectivity index (χ0n) is 15.1. The van der Waals surface area contributed by atoms with Crippen LogP contribution in [-0.4, -0.2) is 41.6 Å². The van der Waals surface area contributed by atoms with Crippen LogP contribution in [0.3, 0.4) is 0 Å². The minimum absolute atomic E-state index is 0.0799. The van der Waals surface area contributed by atoms with Gasteiger partial charge in [0.2, 0.25) is 11.1 Å². The number of furan rings is 1. The molecule has 0 saturated heterocycles. The first-order valence-electron chi connectivity index (χ1n) is 8.08. The number of carbonyl (C=O) groups is 1. The molecule has 0 spiro atoms. The molecule has 10 heteroatoms. The molecule has 0 aliphatic rings. The largest absolute Gasteiger partial charge is 0.467 e. The van der Waals surface area contributed by atoms with Gasteiger partial charge in [-0.2, -0.15) is 5.10 Å². The standard InChI is InChI=1S/C16H21N7O2S/c1-16(2,3)12-8-13(22(4)19-12)17-14(24)10-26-15-18-20-21-23(15)9-11-6-5-7-25-11/h5-8H,9-10H2,1-4H3,(H,17,24). The van der Waals surface area contributed by atoms with Gasteiger partial charge in [0.15, 0.2) is 0 Å². The average Bonchev–Trinajstić information content (AvgIpc) is 3.28. The van der Waals surface area contributed by atoms with Crippen LogP contribution in [0.1, 0.15) is 32.2 Å². The van der Waals surface area contributed by atoms with Gasteiger partial charge in [0.1, 0.15) is 18.1 Å². The molecule has 3 heterocycles. The Hall–Kier alpha value is -2.62. The number of nitrogens with zero attached hydrogens (tertiary/aromatic N) is 6. The van der Waals surface area contributed by atoms with E-state index in [1.54, 1.807) is 21.7 Å². The Kier molecular flexibility index (Phi) is 5.12. The molecule has 1 amide bonds. The molecule has 0 aromatic carbocycles. The Morgan fingerprint density at radius 2 is 2.19 bits per heavy atom. The van der Waals surface area contributed by atoms with E-state index in [4.69, 9.17) is 4.42 Å². The maximum atomic E-state index is 12.3. The Labute approximate surface area is 155 Å². The SMILES string of the molecule is Cn1nc(C(C)(C)C)cc1NC(=O)CSc1nnnn1Cc1ccco1. The molecule has 0 aliphatic carbocycles. The number of hydrogen-bond donors (Lipinski definition) is 1. The van der Waals surface area contributed by atoms with Crippen LogP contribution in [0.2, 0.25) is 0 Å². The molecule has 0 unspecified atom stereocenters. The van der Waals surface area contributed by atoms with Gasteiger partial charge in [-0.25, -0.2) is 4.68 Å². The minimum atomic E-state index is -0.147. The summed E-state index contributed by atoms with van der Waals surface area (Å²) in [5.41, 5.74) is 0.842. The summed E-state index contributed by atoms with van der Waals surface area (Å²) in [6.07, 6.45) is 1.60. The van der Waals surface area contributed by atoms with Crippen molar-refractivity contribution in [1.29, 1.82) is 0 Å². The molecule has 0 radical (unpaired) electrons. The maximum Gasteiger partial charge on any atom is 0.235 e. The number of carbonyl (C=O) groups excluding carboxylic acids is 1. The highest BCUT2D eigenvalue weighted by atomic mass is 32.2. The number of nitrogens with one attached hydrogen (secondary N) is 1. The van der Waals surface area contributed by atoms with Crippen LogP contribution in [-0.2, 0) is 23.8 Å². The first kappa shape index (κ1) is 18.2. The third-order valence-corrected chi connectivity index (χ3v) is 4.59. The topological polar surface area (TPSA) is 104 Å². The van der Waals surface area contributed by atoms with Crippen molar-refractivity contribution in [3.63, 3.8) is 0 Å². The Morgan fingerprint density at radius 3 is 2.85 bits per heavy atom. The van der Waals surface area contributed by atoms with Crippen LogP contribution in [0.4, 0.5) is 5.82 Å². The van der Waals surface area contributed by atoms with Gasteiger partial charge >= 0.3 is 0 Å². The monoisotopic (exact) mass is 375 g/mol. The lowest BCUT2D eigenvalue weighted by Gasteiger charge is -2.13. The van der Waals surface area contributed by atoms with Gasteiger partial charge in [-0.15, -0.1) is 5.10 Å². The van der Waals surface area contributed by atoms with Crippen LogP contribution in [0.5, 0.6) is 0 Å². The summed E-state index contributed by atoms with van der Waals surface area (Å²) >= 11 is 1.26. The van der Waals surface area contributed by atoms with E-state index in [1.807, 2.05) is 19.2 Å². The van der Waals surface area contributed by atoms with E-state index in [1.165, 1.54) is 11.8 Å². The number of rotatable bonds is 6. The van der Waals surface area contributed by atoms with E-state index >= 15 is 0 Å². The molecular weight excluding hydrogens is 354 g/mol. The van der Waals surface area contributed by atoms with E-state index in [2.05, 4.69) is 46.7 Å². The van der Waals surface area contributed by atoms with E-state index in [9.17, 15) is 4.79 Å². The highest BCUT2D eigenvalue weighted by Crippen LogP contribution is 2.23. The first-order chi connectivity index (χ1) is 12.3. The van der Waals surface area contributed by atoms with Crippen molar-refractivity contribution in [2.45, 2.75) is 37.9 Å². The Bertz CT molecular complexity index is 877. The smallest absolute Gasteiger partial charge is 0.235 e. The Balaban J connectivity index is 1.58. The Morgan fingerprint density at radius 1 is 1.38 bits per heavy atom. The quantitative estimate of drug-likeness (QED) is 0.658. The zero-order valence-corrected chi connectivity index (χ0v) is 15.9. The normalized spacial score (nSPS) is 11.7. The van der Waals surface area contributed by atoms with Crippen molar-refractivity contribution < 1.29 is 9.21 Å². The number of anilines is 1. The highest BCUT2D eigenvalue weighted by molar-refractivity contribution is 7.99. The van der Waals surface area contributed by atoms with Gasteiger partial charge < -0.3 is 9.73 Å². The predicted octanol–water partition coefficient (Wildman–Crippen LogP) is 2.08. The number of thioether (sulfide) groups is 1. The van der Waals surface area contributed by atoms with Gasteiger partial charge in [-0.3, -0.25) is 9.48 Å². The van der Waals surface area contributed by atoms with Crippen molar-refractivity contribution >= 4 is 23.5 Å². The number of amides is 1. The molecule has 138 valence electrons. The van der Waals surface area contributed by atoms with Crippen LogP contribution in [0.15, 0.2) is 34.0 Å². The van der Waals surface area contributed by atoms with Gasteiger partial charge in [-0.05, 0) is 22.6 Å². The van der Waals surface area contributed by atoms with Crippen LogP contribution in [0, 0.1) is 0 Å². The van der Waals surface area contributed by atoms with E-state index < -0.39 is 0 Å². The van der Waals surface area contributed by atoms with E-state index in [-0.39, 0.29) is 17.1 Å². The van der Waals surface area contributed by atoms with Crippen LogP contribution >= 0.6 is 11.8 Å². The lowest BCUT2D eigenvalue weighted by atomic mass is 9.92. The summed E-state index contributed by atoms with van der Waals surface area (Å²) in [7, 11) is 1.81. The second-order valence-electron chi connectivity index (χ2n) is 6.82. The van der Waals surface area contributed by atoms with Crippen molar-refractivity contribution in [3.05, 3.63) is 35.9 Å². The molecule has 3 aromatic heterocycles. The third kappa shape index (κ3) is 4.31. The molecule has 3 rings (SSSR count). The third-order valence-electron chi connectivity index (χ3n) is 3.63. The zero-order chi connectivity index (χ0) is 18.7. The van der Waals surface area contributed by atoms with Crippen molar-refractivity contribution in [2.75, 3.05) is 11.1 Å².